The van der Waals surface area contributed by atoms with E-state index in [1.807, 2.05) is 0 Å². The van der Waals surface area contributed by atoms with Crippen LogP contribution in [0.2, 0.25) is 0 Å². The van der Waals surface area contributed by atoms with Crippen molar-refractivity contribution in [2.24, 2.45) is 0 Å². The van der Waals surface area contributed by atoms with Crippen molar-refractivity contribution in [3.8, 4) is 0 Å². The summed E-state index contributed by atoms with van der Waals surface area (Å²) in [5.41, 5.74) is 0.0982. The summed E-state index contributed by atoms with van der Waals surface area (Å²) < 4.78 is 5.85. The molecule has 18 heavy (non-hydrogen) atoms. The lowest BCUT2D eigenvalue weighted by molar-refractivity contribution is 0.0695. The second-order valence-corrected chi connectivity index (χ2v) is 4.66. The average molecular weight is 317 g/mol. The van der Waals surface area contributed by atoms with E-state index < -0.39 is 5.97 Å². The highest BCUT2D eigenvalue weighted by molar-refractivity contribution is 9.11. The summed E-state index contributed by atoms with van der Waals surface area (Å²) in [4.78, 5) is 22.1. The van der Waals surface area contributed by atoms with Gasteiger partial charge in [0, 0.05) is 4.48 Å². The number of carbonyl (C=O) groups excluding carboxylic acids is 1. The summed E-state index contributed by atoms with van der Waals surface area (Å²) in [6.45, 7) is 5.56. The number of aromatic carboxylic acids is 1. The molecule has 0 aliphatic rings. The van der Waals surface area contributed by atoms with Gasteiger partial charge in [0.05, 0.1) is 13.1 Å². The fourth-order valence-electron chi connectivity index (χ4n) is 1.25. The minimum absolute atomic E-state index is 0.0982. The Labute approximate surface area is 112 Å². The van der Waals surface area contributed by atoms with Crippen LogP contribution in [0.3, 0.4) is 0 Å². The zero-order valence-electron chi connectivity index (χ0n) is 9.75. The maximum Gasteiger partial charge on any atom is 0.339 e. The lowest BCUT2D eigenvalue weighted by atomic mass is 10.2. The van der Waals surface area contributed by atoms with Crippen LogP contribution < -0.4 is 10.6 Å². The smallest absolute Gasteiger partial charge is 0.339 e. The second kappa shape index (κ2) is 6.25. The Morgan fingerprint density at radius 2 is 2.17 bits per heavy atom. The lowest BCUT2D eigenvalue weighted by Gasteiger charge is -2.04. The van der Waals surface area contributed by atoms with Crippen LogP contribution in [0.25, 0.3) is 0 Å². The molecule has 0 fully saturated rings. The number of rotatable bonds is 5. The van der Waals surface area contributed by atoms with Gasteiger partial charge in [-0.25, -0.2) is 9.59 Å². The molecule has 7 heteroatoms. The molecule has 0 atom stereocenters. The van der Waals surface area contributed by atoms with Crippen LogP contribution in [0.15, 0.2) is 21.5 Å². The Morgan fingerprint density at radius 3 is 2.67 bits per heavy atom. The maximum absolute atomic E-state index is 11.3. The van der Waals surface area contributed by atoms with E-state index >= 15 is 0 Å². The van der Waals surface area contributed by atoms with E-state index in [1.54, 1.807) is 6.92 Å². The number of nitrogens with one attached hydrogen (secondary N) is 2. The Balaban J connectivity index is 2.48. The van der Waals surface area contributed by atoms with Crippen LogP contribution in [0.1, 0.15) is 21.9 Å². The minimum Gasteiger partial charge on any atom is -0.478 e. The van der Waals surface area contributed by atoms with E-state index in [0.29, 0.717) is 22.5 Å². The fourth-order valence-corrected chi connectivity index (χ4v) is 1.39. The van der Waals surface area contributed by atoms with Gasteiger partial charge in [-0.05, 0) is 13.0 Å². The zero-order chi connectivity index (χ0) is 13.7. The molecule has 0 saturated carbocycles. The summed E-state index contributed by atoms with van der Waals surface area (Å²) in [7, 11) is 0. The molecule has 0 unspecified atom stereocenters. The Bertz CT molecular complexity index is 481. The number of carboxylic acid groups (broad SMARTS) is 1. The van der Waals surface area contributed by atoms with E-state index in [-0.39, 0.29) is 18.1 Å². The fraction of sp³-hybridized carbons (Fsp3) is 0.273. The third-order valence-corrected chi connectivity index (χ3v) is 2.34. The van der Waals surface area contributed by atoms with Crippen molar-refractivity contribution in [1.29, 1.82) is 0 Å². The number of aryl methyl sites for hydroxylation is 1. The molecule has 1 heterocycles. The standard InChI is InChI=1S/C11H13BrN2O4/c1-6(12)4-13-11(17)14-5-8-3-9(10(15)16)7(2)18-8/h3H,1,4-5H2,2H3,(H,15,16)(H2,13,14,17). The molecule has 6 nitrogen and oxygen atoms in total. The monoisotopic (exact) mass is 316 g/mol. The molecule has 0 radical (unpaired) electrons. The molecule has 1 rings (SSSR count). The van der Waals surface area contributed by atoms with Gasteiger partial charge in [0.15, 0.2) is 0 Å². The number of amides is 2. The highest BCUT2D eigenvalue weighted by Gasteiger charge is 2.13. The molecule has 0 aromatic carbocycles. The molecule has 98 valence electrons. The predicted molar refractivity (Wildman–Crippen MR) is 68.7 cm³/mol. The molecule has 2 amide bonds. The summed E-state index contributed by atoms with van der Waals surface area (Å²) in [5.74, 6) is -0.353. The predicted octanol–water partition coefficient (Wildman–Crippen LogP) is 1.99. The first-order valence-electron chi connectivity index (χ1n) is 5.07. The van der Waals surface area contributed by atoms with Gasteiger partial charge in [0.1, 0.15) is 17.1 Å². The summed E-state index contributed by atoms with van der Waals surface area (Å²) in [6, 6.07) is 1.00. The lowest BCUT2D eigenvalue weighted by Crippen LogP contribution is -2.35. The maximum atomic E-state index is 11.3. The van der Waals surface area contributed by atoms with E-state index in [2.05, 4.69) is 33.1 Å². The topological polar surface area (TPSA) is 91.6 Å². The number of furan rings is 1. The van der Waals surface area contributed by atoms with Crippen LogP contribution >= 0.6 is 15.9 Å². The quantitative estimate of drug-likeness (QED) is 0.774. The second-order valence-electron chi connectivity index (χ2n) is 3.54. The van der Waals surface area contributed by atoms with E-state index in [0.717, 1.165) is 0 Å². The minimum atomic E-state index is -1.05. The first kappa shape index (κ1) is 14.3. The normalized spacial score (nSPS) is 9.89. The first-order valence-corrected chi connectivity index (χ1v) is 5.87. The van der Waals surface area contributed by atoms with Gasteiger partial charge in [0.2, 0.25) is 0 Å². The number of hydrogen-bond acceptors (Lipinski definition) is 3. The third-order valence-electron chi connectivity index (χ3n) is 2.06. The van der Waals surface area contributed by atoms with Gasteiger partial charge in [0.25, 0.3) is 0 Å². The van der Waals surface area contributed by atoms with Crippen LogP contribution in [0.5, 0.6) is 0 Å². The van der Waals surface area contributed by atoms with Gasteiger partial charge >= 0.3 is 12.0 Å². The number of halogens is 1. The van der Waals surface area contributed by atoms with Gasteiger partial charge in [-0.3, -0.25) is 0 Å². The summed E-state index contributed by atoms with van der Waals surface area (Å²) in [5, 5.41) is 13.9. The van der Waals surface area contributed by atoms with Crippen molar-refractivity contribution in [3.05, 3.63) is 34.2 Å². The highest BCUT2D eigenvalue weighted by Crippen LogP contribution is 2.14. The third kappa shape index (κ3) is 4.25. The SMILES string of the molecule is C=C(Br)CNC(=O)NCc1cc(C(=O)O)c(C)o1. The van der Waals surface area contributed by atoms with E-state index in [4.69, 9.17) is 9.52 Å². The number of hydrogen-bond donors (Lipinski definition) is 3. The van der Waals surface area contributed by atoms with Crippen LogP contribution in [0.4, 0.5) is 4.79 Å². The van der Waals surface area contributed by atoms with Crippen molar-refractivity contribution >= 4 is 27.9 Å². The number of carboxylic acids is 1. The molecular formula is C11H13BrN2O4. The molecule has 3 N–H and O–H groups in total. The molecule has 0 bridgehead atoms. The molecule has 0 aliphatic heterocycles. The van der Waals surface area contributed by atoms with Crippen LogP contribution in [0, 0.1) is 6.92 Å². The molecule has 1 aromatic rings. The van der Waals surface area contributed by atoms with Crippen LogP contribution in [-0.2, 0) is 6.54 Å². The van der Waals surface area contributed by atoms with Gasteiger partial charge < -0.3 is 20.2 Å². The Hall–Kier alpha value is -1.76. The van der Waals surface area contributed by atoms with Crippen LogP contribution in [-0.4, -0.2) is 23.7 Å². The van der Waals surface area contributed by atoms with Gasteiger partial charge in [-0.15, -0.1) is 0 Å². The molecule has 0 spiro atoms. The number of carbonyl (C=O) groups is 2. The Kier molecular flexibility index (Phi) is 4.96. The molecule has 1 aromatic heterocycles. The summed E-state index contributed by atoms with van der Waals surface area (Å²) in [6.07, 6.45) is 0. The Morgan fingerprint density at radius 1 is 1.50 bits per heavy atom. The van der Waals surface area contributed by atoms with Crippen molar-refractivity contribution in [2.45, 2.75) is 13.5 Å². The zero-order valence-corrected chi connectivity index (χ0v) is 11.3. The highest BCUT2D eigenvalue weighted by atomic mass is 79.9. The average Bonchev–Trinajstić information content (AvgIpc) is 2.65. The first-order chi connectivity index (χ1) is 8.40. The van der Waals surface area contributed by atoms with Gasteiger partial charge in [-0.1, -0.05) is 22.5 Å². The number of urea groups is 1. The molecule has 0 aliphatic carbocycles. The van der Waals surface area contributed by atoms with Gasteiger partial charge in [-0.2, -0.15) is 0 Å². The van der Waals surface area contributed by atoms with Crippen molar-refractivity contribution < 1.29 is 19.1 Å². The van der Waals surface area contributed by atoms with E-state index in [1.165, 1.54) is 6.07 Å². The van der Waals surface area contributed by atoms with Crippen molar-refractivity contribution in [3.63, 3.8) is 0 Å². The van der Waals surface area contributed by atoms with E-state index in [9.17, 15) is 9.59 Å². The van der Waals surface area contributed by atoms with Crippen molar-refractivity contribution in [2.75, 3.05) is 6.54 Å². The molecular weight excluding hydrogens is 304 g/mol. The largest absolute Gasteiger partial charge is 0.478 e. The summed E-state index contributed by atoms with van der Waals surface area (Å²) >= 11 is 3.11. The van der Waals surface area contributed by atoms with Crippen molar-refractivity contribution in [1.82, 2.24) is 10.6 Å². The molecule has 0 saturated heterocycles.